The van der Waals surface area contributed by atoms with Gasteiger partial charge < -0.3 is 9.42 Å². The largest absolute Gasteiger partial charge is 1.00 e. The van der Waals surface area contributed by atoms with Crippen molar-refractivity contribution in [2.24, 2.45) is 0 Å². The first-order valence-electron chi connectivity index (χ1n) is 7.49. The molecule has 160 valence electrons. The molecule has 0 aromatic heterocycles. The zero-order valence-corrected chi connectivity index (χ0v) is 19.1. The fourth-order valence-electron chi connectivity index (χ4n) is 2.05. The van der Waals surface area contributed by atoms with E-state index < -0.39 is 54.9 Å². The first-order chi connectivity index (χ1) is 13.8. The fourth-order valence-corrected chi connectivity index (χ4v) is 4.68. The van der Waals surface area contributed by atoms with E-state index in [1.807, 2.05) is 0 Å². The molecule has 0 heterocycles. The van der Waals surface area contributed by atoms with Gasteiger partial charge in [0.1, 0.15) is 5.75 Å². The molecule has 31 heavy (non-hydrogen) atoms. The number of hydrogen-bond donors (Lipinski definition) is 1. The average molecular weight is 484 g/mol. The maximum Gasteiger partial charge on any atom is 1.00 e. The van der Waals surface area contributed by atoms with E-state index in [4.69, 9.17) is 0 Å². The number of nitrogens with one attached hydrogen (secondary N) is 1. The molecule has 0 spiro atoms. The van der Waals surface area contributed by atoms with Gasteiger partial charge in [0.25, 0.3) is 17.1 Å². The van der Waals surface area contributed by atoms with Crippen molar-refractivity contribution in [1.82, 2.24) is 4.72 Å². The van der Waals surface area contributed by atoms with E-state index in [9.17, 15) is 48.2 Å². The van der Waals surface area contributed by atoms with Crippen LogP contribution >= 0.6 is 7.60 Å². The van der Waals surface area contributed by atoms with Crippen molar-refractivity contribution >= 4 is 34.7 Å². The summed E-state index contributed by atoms with van der Waals surface area (Å²) in [6, 6.07) is 5.56. The first kappa shape index (κ1) is 26.6. The molecule has 0 aliphatic heterocycles. The summed E-state index contributed by atoms with van der Waals surface area (Å²) in [5.74, 6) is -0.334. The van der Waals surface area contributed by atoms with Crippen LogP contribution in [-0.4, -0.2) is 29.5 Å². The number of hydrogen-bond acceptors (Lipinski definition) is 11. The standard InChI is InChI=1S/C13H11N4O11PS.Na/c18-15(19)9-1-4-11(5-2-9)28-29(24,25)8-14-30(26,27)13-6-3-10(16(20)21)7-12(13)17(22)23;/h1-7,14H,8H2,(H,24,25);/q;+1/p-1. The molecule has 2 aromatic carbocycles. The molecule has 0 fully saturated rings. The van der Waals surface area contributed by atoms with Crippen LogP contribution in [0.4, 0.5) is 17.1 Å². The quantitative estimate of drug-likeness (QED) is 0.182. The summed E-state index contributed by atoms with van der Waals surface area (Å²) in [5, 5.41) is 32.3. The molecule has 0 bridgehead atoms. The zero-order valence-electron chi connectivity index (χ0n) is 15.4. The van der Waals surface area contributed by atoms with Crippen LogP contribution in [-0.2, 0) is 14.6 Å². The fraction of sp³-hybridized carbons (Fsp3) is 0.0769. The second-order valence-electron chi connectivity index (χ2n) is 5.43. The van der Waals surface area contributed by atoms with Crippen molar-refractivity contribution in [3.8, 4) is 5.75 Å². The van der Waals surface area contributed by atoms with Crippen molar-refractivity contribution < 1.29 is 66.7 Å². The van der Waals surface area contributed by atoms with Crippen molar-refractivity contribution in [3.05, 3.63) is 72.8 Å². The predicted molar refractivity (Wildman–Crippen MR) is 96.3 cm³/mol. The molecule has 1 unspecified atom stereocenters. The molecule has 0 saturated heterocycles. The molecular formula is C13H10N4NaO11PS. The van der Waals surface area contributed by atoms with Crippen LogP contribution in [0.5, 0.6) is 5.75 Å². The van der Waals surface area contributed by atoms with Gasteiger partial charge in [-0.2, -0.15) is 0 Å². The Kier molecular flexibility index (Phi) is 8.77. The van der Waals surface area contributed by atoms with Gasteiger partial charge in [0.15, 0.2) is 12.5 Å². The third kappa shape index (κ3) is 7.03. The minimum Gasteiger partial charge on any atom is -0.768 e. The average Bonchev–Trinajstić information content (AvgIpc) is 2.66. The number of sulfonamides is 1. The second kappa shape index (κ2) is 10.2. The van der Waals surface area contributed by atoms with Crippen molar-refractivity contribution in [2.75, 3.05) is 6.29 Å². The predicted octanol–water partition coefficient (Wildman–Crippen LogP) is -1.72. The number of nitro groups is 3. The third-order valence-electron chi connectivity index (χ3n) is 3.38. The summed E-state index contributed by atoms with van der Waals surface area (Å²) in [6.07, 6.45) is -1.32. The van der Waals surface area contributed by atoms with Crippen molar-refractivity contribution in [1.29, 1.82) is 0 Å². The van der Waals surface area contributed by atoms with Gasteiger partial charge >= 0.3 is 29.6 Å². The summed E-state index contributed by atoms with van der Waals surface area (Å²) in [5.41, 5.74) is -2.21. The molecule has 18 heteroatoms. The van der Waals surface area contributed by atoms with Gasteiger partial charge in [-0.1, -0.05) is 0 Å². The van der Waals surface area contributed by atoms with E-state index in [1.165, 1.54) is 0 Å². The molecule has 0 saturated carbocycles. The topological polar surface area (TPSA) is 225 Å². The van der Waals surface area contributed by atoms with Crippen LogP contribution in [0.3, 0.4) is 0 Å². The number of nitrogens with zero attached hydrogens (tertiary/aromatic N) is 3. The minimum atomic E-state index is -4.92. The molecule has 0 aliphatic rings. The summed E-state index contributed by atoms with van der Waals surface area (Å²) in [4.78, 5) is 40.5. The molecule has 2 aromatic rings. The van der Waals surface area contributed by atoms with Crippen LogP contribution in [0, 0.1) is 30.3 Å². The van der Waals surface area contributed by atoms with Gasteiger partial charge in [-0.15, -0.1) is 0 Å². The third-order valence-corrected chi connectivity index (χ3v) is 6.08. The Morgan fingerprint density at radius 3 is 1.90 bits per heavy atom. The SMILES string of the molecule is O=[N+]([O-])c1ccc(OP(=O)([O-])CNS(=O)(=O)c2ccc([N+](=O)[O-])cc2[N+](=O)[O-])cc1.[Na+]. The number of non-ortho nitro benzene ring substituents is 2. The molecular weight excluding hydrogens is 474 g/mol. The Morgan fingerprint density at radius 1 is 0.903 bits per heavy atom. The smallest absolute Gasteiger partial charge is 0.768 e. The molecule has 0 radical (unpaired) electrons. The molecule has 15 nitrogen and oxygen atoms in total. The number of rotatable bonds is 9. The monoisotopic (exact) mass is 484 g/mol. The first-order valence-corrected chi connectivity index (χ1v) is 10.7. The Hall–Kier alpha value is -2.46. The maximum absolute atomic E-state index is 12.3. The molecule has 1 N–H and O–H groups in total. The Labute approximate surface area is 195 Å². The Bertz CT molecular complexity index is 1170. The van der Waals surface area contributed by atoms with Crippen LogP contribution in [0.1, 0.15) is 0 Å². The van der Waals surface area contributed by atoms with Crippen LogP contribution < -0.4 is 43.7 Å². The van der Waals surface area contributed by atoms with E-state index in [0.29, 0.717) is 18.2 Å². The van der Waals surface area contributed by atoms with E-state index in [0.717, 1.165) is 24.3 Å². The molecule has 0 amide bonds. The van der Waals surface area contributed by atoms with Gasteiger partial charge in [0.2, 0.25) is 10.0 Å². The van der Waals surface area contributed by atoms with E-state index in [2.05, 4.69) is 4.52 Å². The second-order valence-corrected chi connectivity index (χ2v) is 8.88. The van der Waals surface area contributed by atoms with Crippen molar-refractivity contribution in [2.45, 2.75) is 4.90 Å². The van der Waals surface area contributed by atoms with Gasteiger partial charge in [0.05, 0.1) is 27.1 Å². The van der Waals surface area contributed by atoms with Gasteiger partial charge in [-0.3, -0.25) is 34.9 Å². The zero-order chi connectivity index (χ0) is 22.7. The minimum absolute atomic E-state index is 0. The maximum atomic E-state index is 12.3. The number of benzene rings is 2. The van der Waals surface area contributed by atoms with Gasteiger partial charge in [-0.05, 0) is 18.2 Å². The Morgan fingerprint density at radius 2 is 1.42 bits per heavy atom. The van der Waals surface area contributed by atoms with E-state index in [1.54, 1.807) is 4.72 Å². The normalized spacial score (nSPS) is 12.8. The number of nitro benzene ring substituents is 3. The molecule has 2 rings (SSSR count). The Balaban J connectivity index is 0.00000480. The van der Waals surface area contributed by atoms with Gasteiger partial charge in [-0.25, -0.2) is 13.1 Å². The van der Waals surface area contributed by atoms with E-state index >= 15 is 0 Å². The summed E-state index contributed by atoms with van der Waals surface area (Å²) in [6.45, 7) is 0. The van der Waals surface area contributed by atoms with Gasteiger partial charge in [0, 0.05) is 18.2 Å². The van der Waals surface area contributed by atoms with E-state index in [-0.39, 0.29) is 41.0 Å². The molecule has 0 aliphatic carbocycles. The molecule has 1 atom stereocenters. The van der Waals surface area contributed by atoms with Crippen LogP contribution in [0.25, 0.3) is 0 Å². The summed E-state index contributed by atoms with van der Waals surface area (Å²) in [7, 11) is -9.70. The van der Waals surface area contributed by atoms with Crippen LogP contribution in [0.2, 0.25) is 0 Å². The summed E-state index contributed by atoms with van der Waals surface area (Å²) < 4.78 is 42.8. The van der Waals surface area contributed by atoms with Crippen LogP contribution in [0.15, 0.2) is 47.4 Å². The van der Waals surface area contributed by atoms with Crippen molar-refractivity contribution in [3.63, 3.8) is 0 Å². The summed E-state index contributed by atoms with van der Waals surface area (Å²) >= 11 is 0.